The molecule has 1 aromatic rings. The van der Waals surface area contributed by atoms with Crippen LogP contribution in [-0.2, 0) is 14.3 Å². The van der Waals surface area contributed by atoms with Crippen LogP contribution in [0.5, 0.6) is 5.75 Å². The van der Waals surface area contributed by atoms with Gasteiger partial charge < -0.3 is 24.8 Å². The predicted molar refractivity (Wildman–Crippen MR) is 153 cm³/mol. The number of hydrogen-bond acceptors (Lipinski definition) is 12. The molecule has 208 valence electrons. The molecule has 3 N–H and O–H groups in total. The summed E-state index contributed by atoms with van der Waals surface area (Å²) in [6.07, 6.45) is -0.693. The van der Waals surface area contributed by atoms with Gasteiger partial charge in [0.15, 0.2) is 0 Å². The first kappa shape index (κ1) is 28.6. The van der Waals surface area contributed by atoms with Crippen molar-refractivity contribution in [1.82, 2.24) is 9.80 Å². The Morgan fingerprint density at radius 1 is 1.26 bits per heavy atom. The van der Waals surface area contributed by atoms with Gasteiger partial charge in [0.1, 0.15) is 28.7 Å². The first-order valence-corrected chi connectivity index (χ1v) is 15.5. The first-order valence-electron chi connectivity index (χ1n) is 11.8. The number of aromatic hydroxyl groups is 1. The molecule has 2 fully saturated rings. The second-order valence-electron chi connectivity index (χ2n) is 9.54. The van der Waals surface area contributed by atoms with Crippen molar-refractivity contribution in [3.05, 3.63) is 27.7 Å². The SMILES string of the molecule is CO[C@@H]1S[C@@H]([C@H]2CSC([C@@H]3CS[C@H]([C@@]4(O)N=C(c5cc(Cl)cc(Cl)c5O)O[C@@H]4C)N3C)=N2)N(C)[C@H]1C(=O)O. The van der Waals surface area contributed by atoms with Gasteiger partial charge in [0.2, 0.25) is 11.6 Å². The van der Waals surface area contributed by atoms with Crippen LogP contribution in [0.3, 0.4) is 0 Å². The Balaban J connectivity index is 1.34. The molecule has 0 spiro atoms. The number of ether oxygens (including phenoxy) is 2. The van der Waals surface area contributed by atoms with E-state index in [0.29, 0.717) is 10.8 Å². The van der Waals surface area contributed by atoms with Crippen molar-refractivity contribution in [1.29, 1.82) is 0 Å². The number of likely N-dealkylation sites (N-methyl/N-ethyl adjacent to an activating group) is 2. The molecule has 4 aliphatic heterocycles. The smallest absolute Gasteiger partial charge is 0.324 e. The van der Waals surface area contributed by atoms with E-state index >= 15 is 0 Å². The van der Waals surface area contributed by atoms with Gasteiger partial charge >= 0.3 is 5.97 Å². The van der Waals surface area contributed by atoms with E-state index in [1.807, 2.05) is 11.9 Å². The summed E-state index contributed by atoms with van der Waals surface area (Å²) < 4.78 is 11.3. The van der Waals surface area contributed by atoms with Gasteiger partial charge in [0, 0.05) is 23.6 Å². The zero-order valence-electron chi connectivity index (χ0n) is 20.9. The number of phenolic OH excluding ortho intramolecular Hbond substituents is 1. The Kier molecular flexibility index (Phi) is 8.15. The van der Waals surface area contributed by atoms with E-state index in [-0.39, 0.29) is 39.7 Å². The van der Waals surface area contributed by atoms with E-state index in [1.165, 1.54) is 31.0 Å². The molecule has 0 bridgehead atoms. The standard InChI is InChI=1S/C23H28Cl2N4O6S3/c1-9-23(33,27-17(35-9)11-5-10(24)6-12(25)16(11)30)22-28(2)14(8-37-22)18-26-13(7-36-18)19-29(3)15(20(31)32)21(34-4)38-19/h5-6,9,13-15,19,21-22,30,33H,7-8H2,1-4H3,(H,31,32)/t9-,13-,14+,15+,19+,21-,22-,23-/m1/s1. The highest BCUT2D eigenvalue weighted by atomic mass is 35.5. The quantitative estimate of drug-likeness (QED) is 0.433. The second-order valence-corrected chi connectivity index (χ2v) is 13.8. The summed E-state index contributed by atoms with van der Waals surface area (Å²) in [5.74, 6) is 0.387. The van der Waals surface area contributed by atoms with Crippen LogP contribution in [0.1, 0.15) is 12.5 Å². The molecule has 0 unspecified atom stereocenters. The topological polar surface area (TPSA) is 127 Å². The number of halogens is 2. The molecule has 0 saturated carbocycles. The normalized spacial score (nSPS) is 37.9. The number of aliphatic hydroxyl groups is 1. The maximum Gasteiger partial charge on any atom is 0.324 e. The minimum atomic E-state index is -1.59. The fourth-order valence-corrected chi connectivity index (χ4v) is 10.2. The van der Waals surface area contributed by atoms with E-state index in [0.717, 1.165) is 10.8 Å². The number of methoxy groups -OCH3 is 1. The van der Waals surface area contributed by atoms with Gasteiger partial charge in [-0.1, -0.05) is 23.2 Å². The zero-order valence-corrected chi connectivity index (χ0v) is 24.9. The van der Waals surface area contributed by atoms with Gasteiger partial charge in [0.05, 0.1) is 33.1 Å². The summed E-state index contributed by atoms with van der Waals surface area (Å²) in [4.78, 5) is 25.2. The fraction of sp³-hybridized carbons (Fsp3) is 0.609. The Labute approximate surface area is 243 Å². The molecule has 8 atom stereocenters. The number of phenols is 1. The van der Waals surface area contributed by atoms with Crippen LogP contribution >= 0.6 is 58.5 Å². The summed E-state index contributed by atoms with van der Waals surface area (Å²) in [7, 11) is 5.26. The molecule has 0 radical (unpaired) electrons. The van der Waals surface area contributed by atoms with Crippen molar-refractivity contribution >= 4 is 75.4 Å². The average molecular weight is 624 g/mol. The predicted octanol–water partition coefficient (Wildman–Crippen LogP) is 2.87. The number of thioether (sulfide) groups is 3. The highest BCUT2D eigenvalue weighted by Crippen LogP contribution is 2.46. The Hall–Kier alpha value is -0.900. The molecule has 38 heavy (non-hydrogen) atoms. The molecule has 5 rings (SSSR count). The highest BCUT2D eigenvalue weighted by molar-refractivity contribution is 8.14. The Morgan fingerprint density at radius 3 is 2.66 bits per heavy atom. The highest BCUT2D eigenvalue weighted by Gasteiger charge is 2.56. The Bertz CT molecular complexity index is 1190. The third kappa shape index (κ3) is 4.81. The number of carboxylic acids is 1. The van der Waals surface area contributed by atoms with E-state index in [9.17, 15) is 20.1 Å². The fourth-order valence-electron chi connectivity index (χ4n) is 5.12. The number of benzene rings is 1. The number of nitrogens with zero attached hydrogens (tertiary/aromatic N) is 4. The van der Waals surface area contributed by atoms with Crippen molar-refractivity contribution in [2.75, 3.05) is 32.7 Å². The molecule has 15 heteroatoms. The molecule has 10 nitrogen and oxygen atoms in total. The number of aliphatic carboxylic acids is 1. The van der Waals surface area contributed by atoms with E-state index in [4.69, 9.17) is 37.7 Å². The van der Waals surface area contributed by atoms with Gasteiger partial charge in [-0.05, 0) is 33.2 Å². The number of aliphatic imine (C=N–C) groups is 2. The van der Waals surface area contributed by atoms with Crippen LogP contribution in [0, 0.1) is 0 Å². The zero-order chi connectivity index (χ0) is 27.5. The third-order valence-corrected chi connectivity index (χ3v) is 12.1. The summed E-state index contributed by atoms with van der Waals surface area (Å²) in [6, 6.07) is 2.06. The monoisotopic (exact) mass is 622 g/mol. The second kappa shape index (κ2) is 10.8. The first-order chi connectivity index (χ1) is 18.0. The number of rotatable bonds is 6. The molecule has 1 aromatic carbocycles. The molecule has 0 amide bonds. The minimum Gasteiger partial charge on any atom is -0.506 e. The van der Waals surface area contributed by atoms with Crippen molar-refractivity contribution < 1.29 is 29.6 Å². The Morgan fingerprint density at radius 2 is 2.00 bits per heavy atom. The maximum atomic E-state index is 11.8. The van der Waals surface area contributed by atoms with Crippen LogP contribution in [0.4, 0.5) is 0 Å². The molecule has 4 heterocycles. The van der Waals surface area contributed by atoms with Crippen molar-refractivity contribution in [3.8, 4) is 5.75 Å². The molecular weight excluding hydrogens is 595 g/mol. The van der Waals surface area contributed by atoms with Crippen LogP contribution < -0.4 is 0 Å². The summed E-state index contributed by atoms with van der Waals surface area (Å²) >= 11 is 16.9. The average Bonchev–Trinajstić information content (AvgIpc) is 3.61. The minimum absolute atomic E-state index is 0.0466. The number of hydrogen-bond donors (Lipinski definition) is 3. The van der Waals surface area contributed by atoms with Gasteiger partial charge in [-0.3, -0.25) is 19.6 Å². The number of carboxylic acid groups (broad SMARTS) is 1. The van der Waals surface area contributed by atoms with Gasteiger partial charge in [0.25, 0.3) is 0 Å². The van der Waals surface area contributed by atoms with Crippen LogP contribution in [-0.4, -0.2) is 121 Å². The molecular formula is C23H28Cl2N4O6S3. The van der Waals surface area contributed by atoms with E-state index < -0.39 is 34.6 Å². The van der Waals surface area contributed by atoms with E-state index in [2.05, 4.69) is 9.89 Å². The van der Waals surface area contributed by atoms with E-state index in [1.54, 1.807) is 37.5 Å². The van der Waals surface area contributed by atoms with Crippen LogP contribution in [0.15, 0.2) is 22.1 Å². The lowest BCUT2D eigenvalue weighted by molar-refractivity contribution is -0.145. The van der Waals surface area contributed by atoms with Crippen molar-refractivity contribution in [3.63, 3.8) is 0 Å². The lowest BCUT2D eigenvalue weighted by Crippen LogP contribution is -2.53. The summed E-state index contributed by atoms with van der Waals surface area (Å²) in [6.45, 7) is 1.73. The lowest BCUT2D eigenvalue weighted by atomic mass is 10.1. The summed E-state index contributed by atoms with van der Waals surface area (Å²) in [5, 5.41) is 32.6. The van der Waals surface area contributed by atoms with Gasteiger partial charge in [-0.2, -0.15) is 0 Å². The molecule has 2 saturated heterocycles. The molecule has 4 aliphatic rings. The largest absolute Gasteiger partial charge is 0.506 e. The van der Waals surface area contributed by atoms with Crippen LogP contribution in [0.25, 0.3) is 0 Å². The maximum absolute atomic E-state index is 11.8. The van der Waals surface area contributed by atoms with Gasteiger partial charge in [-0.25, -0.2) is 4.99 Å². The van der Waals surface area contributed by atoms with Gasteiger partial charge in [-0.15, -0.1) is 35.3 Å². The lowest BCUT2D eigenvalue weighted by Gasteiger charge is -2.34. The number of carbonyl (C=O) groups is 1. The summed E-state index contributed by atoms with van der Waals surface area (Å²) in [5.41, 5.74) is -1.83. The molecule has 0 aliphatic carbocycles. The van der Waals surface area contributed by atoms with Crippen LogP contribution in [0.2, 0.25) is 10.0 Å². The van der Waals surface area contributed by atoms with Crippen molar-refractivity contribution in [2.24, 2.45) is 9.98 Å². The molecule has 0 aromatic heterocycles. The van der Waals surface area contributed by atoms with Crippen molar-refractivity contribution in [2.45, 2.75) is 53.1 Å². The third-order valence-electron chi connectivity index (χ3n) is 7.23.